The van der Waals surface area contributed by atoms with Crippen LogP contribution in [0.1, 0.15) is 19.4 Å². The lowest BCUT2D eigenvalue weighted by molar-refractivity contribution is -0.118. The summed E-state index contributed by atoms with van der Waals surface area (Å²) in [6, 6.07) is 3.62. The molecule has 0 N–H and O–H groups in total. The average molecular weight is 227 g/mol. The molecule has 0 saturated carbocycles. The number of hydrogen-bond donors (Lipinski definition) is 0. The molecule has 0 bridgehead atoms. The van der Waals surface area contributed by atoms with E-state index in [1.54, 1.807) is 5.06 Å². The second-order valence-electron chi connectivity index (χ2n) is 4.97. The molecule has 0 atom stereocenters. The fraction of sp³-hybridized carbons (Fsp3) is 0.500. The highest BCUT2D eigenvalue weighted by molar-refractivity contribution is 5.18. The van der Waals surface area contributed by atoms with Crippen molar-refractivity contribution in [1.82, 2.24) is 5.06 Å². The van der Waals surface area contributed by atoms with Gasteiger partial charge in [-0.1, -0.05) is 19.9 Å². The maximum atomic E-state index is 13.4. The minimum absolute atomic E-state index is 0.0938. The summed E-state index contributed by atoms with van der Waals surface area (Å²) >= 11 is 0. The standard InChI is InChI=1S/C12H15F2NO/c1-12(2)7-15(16-8-12)6-9-3-4-10(13)5-11(9)14/h3-5H,6-8H2,1-2H3. The lowest BCUT2D eigenvalue weighted by atomic mass is 9.96. The van der Waals surface area contributed by atoms with E-state index in [1.807, 2.05) is 0 Å². The summed E-state index contributed by atoms with van der Waals surface area (Å²) in [5.74, 6) is -1.07. The fourth-order valence-electron chi connectivity index (χ4n) is 1.78. The predicted molar refractivity (Wildman–Crippen MR) is 56.5 cm³/mol. The molecule has 16 heavy (non-hydrogen) atoms. The zero-order valence-corrected chi connectivity index (χ0v) is 9.46. The molecule has 0 radical (unpaired) electrons. The third-order valence-electron chi connectivity index (χ3n) is 2.60. The van der Waals surface area contributed by atoms with Gasteiger partial charge in [-0.05, 0) is 6.07 Å². The highest BCUT2D eigenvalue weighted by Gasteiger charge is 2.30. The highest BCUT2D eigenvalue weighted by Crippen LogP contribution is 2.26. The molecule has 0 aliphatic carbocycles. The summed E-state index contributed by atoms with van der Waals surface area (Å²) in [6.45, 7) is 5.93. The van der Waals surface area contributed by atoms with Crippen LogP contribution in [-0.2, 0) is 11.4 Å². The highest BCUT2D eigenvalue weighted by atomic mass is 19.1. The van der Waals surface area contributed by atoms with E-state index in [0.717, 1.165) is 12.6 Å². The molecule has 2 rings (SSSR count). The first-order valence-corrected chi connectivity index (χ1v) is 5.28. The minimum atomic E-state index is -0.552. The van der Waals surface area contributed by atoms with Gasteiger partial charge < -0.3 is 0 Å². The molecule has 4 heteroatoms. The van der Waals surface area contributed by atoms with Crippen LogP contribution < -0.4 is 0 Å². The molecule has 0 spiro atoms. The second-order valence-corrected chi connectivity index (χ2v) is 4.97. The van der Waals surface area contributed by atoms with Crippen molar-refractivity contribution < 1.29 is 13.6 Å². The van der Waals surface area contributed by atoms with Gasteiger partial charge in [0, 0.05) is 23.6 Å². The maximum Gasteiger partial charge on any atom is 0.130 e. The molecule has 1 saturated heterocycles. The lowest BCUT2D eigenvalue weighted by Crippen LogP contribution is -2.22. The van der Waals surface area contributed by atoms with Gasteiger partial charge in [-0.2, -0.15) is 5.06 Å². The van der Waals surface area contributed by atoms with E-state index in [9.17, 15) is 8.78 Å². The van der Waals surface area contributed by atoms with Gasteiger partial charge >= 0.3 is 0 Å². The molecular weight excluding hydrogens is 212 g/mol. The second kappa shape index (κ2) is 4.11. The van der Waals surface area contributed by atoms with Crippen LogP contribution in [0.15, 0.2) is 18.2 Å². The maximum absolute atomic E-state index is 13.4. The molecule has 1 aromatic carbocycles. The van der Waals surface area contributed by atoms with E-state index in [-0.39, 0.29) is 5.41 Å². The van der Waals surface area contributed by atoms with Crippen LogP contribution in [-0.4, -0.2) is 18.2 Å². The van der Waals surface area contributed by atoms with E-state index < -0.39 is 11.6 Å². The number of nitrogens with zero attached hydrogens (tertiary/aromatic N) is 1. The number of halogens is 2. The normalized spacial score (nSPS) is 20.2. The quantitative estimate of drug-likeness (QED) is 0.770. The van der Waals surface area contributed by atoms with Crippen LogP contribution in [0.3, 0.4) is 0 Å². The van der Waals surface area contributed by atoms with Crippen molar-refractivity contribution in [3.05, 3.63) is 35.4 Å². The molecule has 0 amide bonds. The van der Waals surface area contributed by atoms with Crippen molar-refractivity contribution >= 4 is 0 Å². The monoisotopic (exact) mass is 227 g/mol. The van der Waals surface area contributed by atoms with Crippen molar-refractivity contribution in [3.8, 4) is 0 Å². The van der Waals surface area contributed by atoms with Crippen molar-refractivity contribution in [2.45, 2.75) is 20.4 Å². The van der Waals surface area contributed by atoms with Crippen LogP contribution in [0.5, 0.6) is 0 Å². The Balaban J connectivity index is 2.05. The number of rotatable bonds is 2. The van der Waals surface area contributed by atoms with Crippen LogP contribution in [0.2, 0.25) is 0 Å². The third-order valence-corrected chi connectivity index (χ3v) is 2.60. The Morgan fingerprint density at radius 1 is 1.38 bits per heavy atom. The number of hydroxylamine groups is 2. The van der Waals surface area contributed by atoms with E-state index in [4.69, 9.17) is 4.84 Å². The van der Waals surface area contributed by atoms with E-state index in [1.165, 1.54) is 12.1 Å². The Morgan fingerprint density at radius 3 is 2.69 bits per heavy atom. The predicted octanol–water partition coefficient (Wildman–Crippen LogP) is 2.74. The average Bonchev–Trinajstić information content (AvgIpc) is 2.51. The Hall–Kier alpha value is -1.00. The van der Waals surface area contributed by atoms with Gasteiger partial charge in [0.25, 0.3) is 0 Å². The summed E-state index contributed by atoms with van der Waals surface area (Å²) in [7, 11) is 0. The smallest absolute Gasteiger partial charge is 0.130 e. The molecular formula is C12H15F2NO. The van der Waals surface area contributed by atoms with E-state index in [0.29, 0.717) is 18.7 Å². The minimum Gasteiger partial charge on any atom is -0.298 e. The molecule has 1 aliphatic heterocycles. The van der Waals surface area contributed by atoms with Crippen LogP contribution in [0, 0.1) is 17.0 Å². The topological polar surface area (TPSA) is 12.5 Å². The first kappa shape index (κ1) is 11.5. The van der Waals surface area contributed by atoms with Crippen molar-refractivity contribution in [2.75, 3.05) is 13.2 Å². The van der Waals surface area contributed by atoms with Crippen LogP contribution in [0.25, 0.3) is 0 Å². The van der Waals surface area contributed by atoms with E-state index >= 15 is 0 Å². The summed E-state index contributed by atoms with van der Waals surface area (Å²) < 4.78 is 26.1. The summed E-state index contributed by atoms with van der Waals surface area (Å²) in [6.07, 6.45) is 0. The van der Waals surface area contributed by atoms with Crippen LogP contribution >= 0.6 is 0 Å². The largest absolute Gasteiger partial charge is 0.298 e. The summed E-state index contributed by atoms with van der Waals surface area (Å²) in [4.78, 5) is 5.43. The van der Waals surface area contributed by atoms with Crippen LogP contribution in [0.4, 0.5) is 8.78 Å². The number of hydrogen-bond acceptors (Lipinski definition) is 2. The molecule has 1 aliphatic rings. The fourth-order valence-corrected chi connectivity index (χ4v) is 1.78. The molecule has 1 heterocycles. The molecule has 0 unspecified atom stereocenters. The van der Waals surface area contributed by atoms with Gasteiger partial charge in [0.1, 0.15) is 11.6 Å². The van der Waals surface area contributed by atoms with Crippen molar-refractivity contribution in [2.24, 2.45) is 5.41 Å². The van der Waals surface area contributed by atoms with Gasteiger partial charge in [0.05, 0.1) is 13.2 Å². The molecule has 88 valence electrons. The Labute approximate surface area is 93.8 Å². The van der Waals surface area contributed by atoms with Gasteiger partial charge in [-0.15, -0.1) is 0 Å². The lowest BCUT2D eigenvalue weighted by Gasteiger charge is -2.16. The first-order valence-electron chi connectivity index (χ1n) is 5.28. The SMILES string of the molecule is CC1(C)CON(Cc2ccc(F)cc2F)C1. The summed E-state index contributed by atoms with van der Waals surface area (Å²) in [5.41, 5.74) is 0.551. The molecule has 1 fully saturated rings. The Morgan fingerprint density at radius 2 is 2.12 bits per heavy atom. The zero-order valence-electron chi connectivity index (χ0n) is 9.46. The summed E-state index contributed by atoms with van der Waals surface area (Å²) in [5, 5.41) is 1.72. The third kappa shape index (κ3) is 2.57. The van der Waals surface area contributed by atoms with Crippen molar-refractivity contribution in [3.63, 3.8) is 0 Å². The number of benzene rings is 1. The van der Waals surface area contributed by atoms with Crippen molar-refractivity contribution in [1.29, 1.82) is 0 Å². The van der Waals surface area contributed by atoms with Gasteiger partial charge in [-0.3, -0.25) is 4.84 Å². The molecule has 1 aromatic rings. The molecule has 0 aromatic heterocycles. The first-order chi connectivity index (χ1) is 7.46. The van der Waals surface area contributed by atoms with Gasteiger partial charge in [0.2, 0.25) is 0 Å². The molecule has 2 nitrogen and oxygen atoms in total. The van der Waals surface area contributed by atoms with E-state index in [2.05, 4.69) is 13.8 Å². The zero-order chi connectivity index (χ0) is 11.8. The Kier molecular flexibility index (Phi) is 2.95. The van der Waals surface area contributed by atoms with Gasteiger partial charge in [0.15, 0.2) is 0 Å². The Bertz CT molecular complexity index is 393. The van der Waals surface area contributed by atoms with Gasteiger partial charge in [-0.25, -0.2) is 8.78 Å².